The van der Waals surface area contributed by atoms with Crippen molar-refractivity contribution in [3.05, 3.63) is 148 Å². The second-order valence-electron chi connectivity index (χ2n) is 15.5. The van der Waals surface area contributed by atoms with Gasteiger partial charge in [-0.05, 0) is 123 Å². The maximum atomic E-state index is 5.06. The van der Waals surface area contributed by atoms with Gasteiger partial charge < -0.3 is 0 Å². The predicted molar refractivity (Wildman–Crippen MR) is 231 cm³/mol. The summed E-state index contributed by atoms with van der Waals surface area (Å²) in [5.41, 5.74) is 16.2. The zero-order valence-corrected chi connectivity index (χ0v) is 32.2. The van der Waals surface area contributed by atoms with Crippen LogP contribution in [-0.4, -0.2) is 15.0 Å². The van der Waals surface area contributed by atoms with E-state index in [0.717, 1.165) is 46.6 Å². The molecule has 0 saturated heterocycles. The Bertz CT molecular complexity index is 2870. The Balaban J connectivity index is 0.884. The summed E-state index contributed by atoms with van der Waals surface area (Å²) in [5.74, 6) is 0.785. The summed E-state index contributed by atoms with van der Waals surface area (Å²) < 4.78 is 1.29. The van der Waals surface area contributed by atoms with Gasteiger partial charge in [0, 0.05) is 61.0 Å². The van der Waals surface area contributed by atoms with E-state index in [-0.39, 0.29) is 5.41 Å². The van der Waals surface area contributed by atoms with Gasteiger partial charge in [-0.3, -0.25) is 4.98 Å². The monoisotopic (exact) mass is 731 g/mol. The molecule has 0 N–H and O–H groups in total. The summed E-state index contributed by atoms with van der Waals surface area (Å²) in [6.45, 7) is 4.70. The Labute approximate surface area is 321 Å². The van der Waals surface area contributed by atoms with Crippen LogP contribution in [0.15, 0.2) is 116 Å². The van der Waals surface area contributed by atoms with Crippen molar-refractivity contribution in [3.8, 4) is 56.0 Å². The number of hydrogen-bond donors (Lipinski definition) is 0. The number of rotatable bonds is 4. The lowest BCUT2D eigenvalue weighted by Crippen LogP contribution is -2.15. The summed E-state index contributed by atoms with van der Waals surface area (Å²) in [5, 5.41) is 5.76. The van der Waals surface area contributed by atoms with E-state index in [0.29, 0.717) is 8.19 Å². The molecule has 1 unspecified atom stereocenters. The van der Waals surface area contributed by atoms with Crippen LogP contribution in [0.1, 0.15) is 65.5 Å². The molecule has 11 rings (SSSR count). The third-order valence-corrected chi connectivity index (χ3v) is 14.8. The highest BCUT2D eigenvalue weighted by Crippen LogP contribution is 2.51. The molecule has 0 radical (unpaired) electrons. The van der Waals surface area contributed by atoms with Crippen molar-refractivity contribution in [3.63, 3.8) is 0 Å². The molecule has 0 fully saturated rings. The summed E-state index contributed by atoms with van der Waals surface area (Å²) >= 11 is 1.86. The molecule has 4 aromatic heterocycles. The predicted octanol–water partition coefficient (Wildman–Crippen LogP) is 13.6. The van der Waals surface area contributed by atoms with Gasteiger partial charge in [-0.2, -0.15) is 0 Å². The molecule has 0 bridgehead atoms. The van der Waals surface area contributed by atoms with Gasteiger partial charge in [0.05, 0.1) is 5.69 Å². The van der Waals surface area contributed by atoms with Crippen LogP contribution in [0.2, 0.25) is 0 Å². The van der Waals surface area contributed by atoms with Crippen LogP contribution in [0.4, 0.5) is 0 Å². The van der Waals surface area contributed by atoms with Gasteiger partial charge in [0.1, 0.15) is 0 Å². The lowest BCUT2D eigenvalue weighted by molar-refractivity contribution is 0.661. The molecule has 4 heterocycles. The molecule has 1 atom stereocenters. The van der Waals surface area contributed by atoms with Gasteiger partial charge >= 0.3 is 0 Å². The second-order valence-corrected chi connectivity index (χ2v) is 17.8. The van der Waals surface area contributed by atoms with Gasteiger partial charge in [-0.1, -0.05) is 92.7 Å². The van der Waals surface area contributed by atoms with Crippen LogP contribution in [0.25, 0.3) is 88.8 Å². The van der Waals surface area contributed by atoms with Crippen LogP contribution in [0.3, 0.4) is 0 Å². The van der Waals surface area contributed by atoms with E-state index in [9.17, 15) is 0 Å². The van der Waals surface area contributed by atoms with Crippen molar-refractivity contribution < 1.29 is 0 Å². The number of pyridine rings is 1. The lowest BCUT2D eigenvalue weighted by Gasteiger charge is -2.22. The normalized spacial score (nSPS) is 15.4. The number of benzene rings is 4. The Morgan fingerprint density at radius 1 is 0.611 bits per heavy atom. The Kier molecular flexibility index (Phi) is 7.31. The number of aryl methyl sites for hydroxylation is 2. The molecule has 260 valence electrons. The molecule has 54 heavy (non-hydrogen) atoms. The fourth-order valence-electron chi connectivity index (χ4n) is 9.13. The quantitative estimate of drug-likeness (QED) is 0.181. The average Bonchev–Trinajstić information content (AvgIpc) is 3.77. The molecule has 0 amide bonds. The molecule has 0 aliphatic heterocycles. The Morgan fingerprint density at radius 3 is 2.09 bits per heavy atom. The van der Waals surface area contributed by atoms with Crippen molar-refractivity contribution in [2.24, 2.45) is 0 Å². The molecule has 0 saturated carbocycles. The van der Waals surface area contributed by atoms with Crippen LogP contribution in [-0.2, 0) is 18.3 Å². The smallest absolute Gasteiger partial charge is 0.160 e. The first-order valence-corrected chi connectivity index (χ1v) is 20.9. The van der Waals surface area contributed by atoms with E-state index in [2.05, 4.69) is 129 Å². The minimum Gasteiger partial charge on any atom is -0.256 e. The largest absolute Gasteiger partial charge is 0.256 e. The zero-order chi connectivity index (χ0) is 36.0. The van der Waals surface area contributed by atoms with E-state index in [4.69, 9.17) is 15.0 Å². The van der Waals surface area contributed by atoms with Crippen LogP contribution in [0.5, 0.6) is 0 Å². The minimum atomic E-state index is -0.155. The van der Waals surface area contributed by atoms with E-state index in [1.807, 2.05) is 23.7 Å². The van der Waals surface area contributed by atoms with Crippen molar-refractivity contribution >= 4 is 52.3 Å². The lowest BCUT2D eigenvalue weighted by atomic mass is 9.81. The number of nitrogens with zero attached hydrogens (tertiary/aromatic N) is 3. The van der Waals surface area contributed by atoms with Gasteiger partial charge in [0.25, 0.3) is 0 Å². The highest BCUT2D eigenvalue weighted by atomic mass is 32.1. The topological polar surface area (TPSA) is 38.7 Å². The van der Waals surface area contributed by atoms with Crippen molar-refractivity contribution in [2.75, 3.05) is 0 Å². The van der Waals surface area contributed by atoms with Gasteiger partial charge in [0.2, 0.25) is 0 Å². The third-order valence-electron chi connectivity index (χ3n) is 12.0. The van der Waals surface area contributed by atoms with Crippen molar-refractivity contribution in [2.45, 2.75) is 51.4 Å². The highest BCUT2D eigenvalue weighted by Gasteiger charge is 2.36. The van der Waals surface area contributed by atoms with E-state index in [1.54, 1.807) is 5.56 Å². The molecule has 5 heteroatoms. The molecular formula is C49H38N3PS. The summed E-state index contributed by atoms with van der Waals surface area (Å²) in [6.07, 6.45) is 21.1. The third kappa shape index (κ3) is 4.97. The number of fused-ring (bicyclic) bond motifs is 9. The van der Waals surface area contributed by atoms with Crippen LogP contribution < -0.4 is 0 Å². The van der Waals surface area contributed by atoms with E-state index < -0.39 is 0 Å². The van der Waals surface area contributed by atoms with E-state index in [1.165, 1.54) is 89.0 Å². The minimum absolute atomic E-state index is 0.155. The SMILES string of the molecule is CC1(C)c2cc(-c3ccc(-c4cccc5c6c([pH]c45)C=CCCC6)nc3)ccc2-c2ccc(-c3cnc(-c4cccc5c6c(sc45)C=CCC6)nc3)cc21. The first-order valence-electron chi connectivity index (χ1n) is 19.1. The first kappa shape index (κ1) is 32.1. The van der Waals surface area contributed by atoms with Gasteiger partial charge in [0.15, 0.2) is 5.82 Å². The van der Waals surface area contributed by atoms with Crippen LogP contribution in [0, 0.1) is 0 Å². The van der Waals surface area contributed by atoms with Crippen molar-refractivity contribution in [1.29, 1.82) is 0 Å². The molecule has 8 aromatic rings. The fraction of sp³-hybridized carbons (Fsp3) is 0.163. The summed E-state index contributed by atoms with van der Waals surface area (Å²) in [6, 6.07) is 31.6. The first-order chi connectivity index (χ1) is 26.5. The van der Waals surface area contributed by atoms with Gasteiger partial charge in [-0.25, -0.2) is 9.97 Å². The standard InChI is InChI=1S/C49H38N3PS/c1-49(2)41-24-29(31-20-23-43(50-26-31)39-14-8-12-37-35-10-4-3-5-16-44(35)53-46(37)39)18-21-33(41)34-22-19-30(25-42(34)49)32-27-51-48(52-28-32)40-15-9-13-38-36-11-6-7-17-45(36)54-47(38)40/h5,7-9,12-28,53H,3-4,6,10-11H2,1-2H3. The highest BCUT2D eigenvalue weighted by molar-refractivity contribution is 7.39. The summed E-state index contributed by atoms with van der Waals surface area (Å²) in [7, 11) is 0.706. The summed E-state index contributed by atoms with van der Waals surface area (Å²) in [4.78, 5) is 16.3. The Morgan fingerprint density at radius 2 is 1.31 bits per heavy atom. The zero-order valence-electron chi connectivity index (χ0n) is 30.4. The molecule has 3 aliphatic carbocycles. The number of hydrogen-bond acceptors (Lipinski definition) is 4. The average molecular weight is 732 g/mol. The number of aromatic nitrogens is 3. The molecule has 0 spiro atoms. The number of thiophene rings is 1. The number of allylic oxidation sites excluding steroid dienone is 2. The van der Waals surface area contributed by atoms with Crippen molar-refractivity contribution in [1.82, 2.24) is 15.0 Å². The van der Waals surface area contributed by atoms with Crippen LogP contribution >= 0.6 is 19.5 Å². The van der Waals surface area contributed by atoms with E-state index >= 15 is 0 Å². The molecular weight excluding hydrogens is 694 g/mol. The molecule has 3 aliphatic rings. The Hall–Kier alpha value is -5.41. The molecule has 3 nitrogen and oxygen atoms in total. The maximum absolute atomic E-state index is 5.06. The van der Waals surface area contributed by atoms with Gasteiger partial charge in [-0.15, -0.1) is 19.5 Å². The molecule has 4 aromatic carbocycles. The second kappa shape index (κ2) is 12.3. The maximum Gasteiger partial charge on any atom is 0.160 e. The fourth-order valence-corrected chi connectivity index (χ4v) is 12.0.